The van der Waals surface area contributed by atoms with Crippen LogP contribution in [0.2, 0.25) is 0 Å². The number of fused-ring (bicyclic) bond motifs is 4. The van der Waals surface area contributed by atoms with Gasteiger partial charge in [0, 0.05) is 18.8 Å². The second kappa shape index (κ2) is 5.23. The predicted octanol–water partition coefficient (Wildman–Crippen LogP) is 4.05. The van der Waals surface area contributed by atoms with E-state index in [0.717, 1.165) is 4.90 Å². The third-order valence-electron chi connectivity index (χ3n) is 6.28. The Labute approximate surface area is 159 Å². The van der Waals surface area contributed by atoms with Crippen molar-refractivity contribution in [3.05, 3.63) is 23.3 Å². The molecular formula is C18H12F6N4O. The molecule has 5 nitrogen and oxygen atoms in total. The van der Waals surface area contributed by atoms with Crippen LogP contribution in [0.1, 0.15) is 37.7 Å². The summed E-state index contributed by atoms with van der Waals surface area (Å²) >= 11 is 0. The highest BCUT2D eigenvalue weighted by Crippen LogP contribution is 2.59. The fourth-order valence-electron chi connectivity index (χ4n) is 4.56. The molecule has 1 aromatic carbocycles. The zero-order chi connectivity index (χ0) is 20.9. The molecular weight excluding hydrogens is 402 g/mol. The number of hydrogen-bond donors (Lipinski definition) is 0. The van der Waals surface area contributed by atoms with E-state index in [2.05, 4.69) is 4.98 Å². The Balaban J connectivity index is 1.56. The molecule has 29 heavy (non-hydrogen) atoms. The number of aromatic nitrogens is 2. The second-order valence-electron chi connectivity index (χ2n) is 7.77. The van der Waals surface area contributed by atoms with Gasteiger partial charge in [-0.3, -0.25) is 14.3 Å². The molecule has 2 saturated carbocycles. The van der Waals surface area contributed by atoms with Crippen molar-refractivity contribution in [2.24, 2.45) is 5.92 Å². The zero-order valence-corrected chi connectivity index (χ0v) is 14.7. The Kier molecular flexibility index (Phi) is 3.29. The van der Waals surface area contributed by atoms with E-state index < -0.39 is 59.4 Å². The number of alkyl halides is 4. The summed E-state index contributed by atoms with van der Waals surface area (Å²) in [6, 6.07) is 2.25. The average Bonchev–Trinajstić information content (AvgIpc) is 2.93. The SMILES string of the molecule is N#Cc1cc(F)c2nc3n(c2c1F)C1(CCC1)N3C(=O)CC1CC(F)(F)C1(F)F. The first-order valence-corrected chi connectivity index (χ1v) is 8.95. The number of halogens is 6. The molecule has 1 aromatic heterocycles. The Hall–Kier alpha value is -2.77. The summed E-state index contributed by atoms with van der Waals surface area (Å²) in [4.78, 5) is 17.8. The fraction of sp³-hybridized carbons (Fsp3) is 0.500. The summed E-state index contributed by atoms with van der Waals surface area (Å²) in [7, 11) is 0. The fourth-order valence-corrected chi connectivity index (χ4v) is 4.56. The van der Waals surface area contributed by atoms with Crippen LogP contribution in [0.4, 0.5) is 32.3 Å². The third kappa shape index (κ3) is 1.97. The van der Waals surface area contributed by atoms with Crippen LogP contribution < -0.4 is 4.90 Å². The number of nitrogens with zero attached hydrogens (tertiary/aromatic N) is 4. The third-order valence-corrected chi connectivity index (χ3v) is 6.28. The van der Waals surface area contributed by atoms with Crippen molar-refractivity contribution in [3.8, 4) is 6.07 Å². The van der Waals surface area contributed by atoms with Gasteiger partial charge in [0.25, 0.3) is 0 Å². The Bertz CT molecular complexity index is 1130. The minimum absolute atomic E-state index is 0.132. The number of anilines is 1. The summed E-state index contributed by atoms with van der Waals surface area (Å²) in [5.74, 6) is -13.1. The first-order valence-electron chi connectivity index (χ1n) is 8.95. The van der Waals surface area contributed by atoms with Gasteiger partial charge in [-0.1, -0.05) is 0 Å². The molecule has 1 unspecified atom stereocenters. The normalized spacial score (nSPS) is 25.0. The topological polar surface area (TPSA) is 61.9 Å². The van der Waals surface area contributed by atoms with Crippen molar-refractivity contribution in [3.63, 3.8) is 0 Å². The predicted molar refractivity (Wildman–Crippen MR) is 86.3 cm³/mol. The highest BCUT2D eigenvalue weighted by atomic mass is 19.3. The van der Waals surface area contributed by atoms with Gasteiger partial charge in [-0.05, 0) is 25.3 Å². The molecule has 5 rings (SSSR count). The molecule has 0 bridgehead atoms. The maximum atomic E-state index is 14.7. The van der Waals surface area contributed by atoms with Crippen LogP contribution in [0.5, 0.6) is 0 Å². The molecule has 2 aromatic rings. The summed E-state index contributed by atoms with van der Waals surface area (Å²) in [5.41, 5.74) is -2.25. The van der Waals surface area contributed by atoms with Gasteiger partial charge >= 0.3 is 11.8 Å². The van der Waals surface area contributed by atoms with Crippen molar-refractivity contribution < 1.29 is 31.1 Å². The van der Waals surface area contributed by atoms with E-state index in [1.807, 2.05) is 0 Å². The number of benzene rings is 1. The summed E-state index contributed by atoms with van der Waals surface area (Å²) in [6.45, 7) is 0. The number of amides is 1. The molecule has 152 valence electrons. The number of nitriles is 1. The molecule has 3 aliphatic rings. The van der Waals surface area contributed by atoms with E-state index in [0.29, 0.717) is 25.3 Å². The van der Waals surface area contributed by atoms with Gasteiger partial charge in [-0.2, -0.15) is 22.8 Å². The number of carbonyl (C=O) groups is 1. The molecule has 0 radical (unpaired) electrons. The summed E-state index contributed by atoms with van der Waals surface area (Å²) in [5, 5.41) is 9.00. The highest BCUT2D eigenvalue weighted by molar-refractivity contribution is 5.99. The van der Waals surface area contributed by atoms with Gasteiger partial charge in [0.1, 0.15) is 22.8 Å². The lowest BCUT2D eigenvalue weighted by Gasteiger charge is -2.58. The van der Waals surface area contributed by atoms with Crippen LogP contribution in [0.15, 0.2) is 6.07 Å². The van der Waals surface area contributed by atoms with Gasteiger partial charge in [0.2, 0.25) is 11.9 Å². The van der Waals surface area contributed by atoms with E-state index in [1.165, 1.54) is 4.57 Å². The van der Waals surface area contributed by atoms with Crippen molar-refractivity contribution in [1.29, 1.82) is 5.26 Å². The molecule has 2 fully saturated rings. The zero-order valence-electron chi connectivity index (χ0n) is 14.7. The molecule has 1 atom stereocenters. The van der Waals surface area contributed by atoms with E-state index in [9.17, 15) is 31.1 Å². The molecule has 0 saturated heterocycles. The van der Waals surface area contributed by atoms with Gasteiger partial charge < -0.3 is 0 Å². The lowest BCUT2D eigenvalue weighted by Crippen LogP contribution is -2.67. The minimum atomic E-state index is -4.28. The molecule has 2 aliphatic carbocycles. The second-order valence-corrected chi connectivity index (χ2v) is 7.77. The number of imidazole rings is 1. The number of carbonyl (C=O) groups excluding carboxylic acids is 1. The first-order chi connectivity index (χ1) is 13.5. The monoisotopic (exact) mass is 414 g/mol. The van der Waals surface area contributed by atoms with Crippen LogP contribution >= 0.6 is 0 Å². The van der Waals surface area contributed by atoms with E-state index in [-0.39, 0.29) is 17.0 Å². The lowest BCUT2D eigenvalue weighted by atomic mass is 9.73. The molecule has 1 spiro atoms. The van der Waals surface area contributed by atoms with Gasteiger partial charge in [-0.25, -0.2) is 13.8 Å². The molecule has 11 heteroatoms. The maximum absolute atomic E-state index is 14.7. The highest BCUT2D eigenvalue weighted by Gasteiger charge is 2.72. The molecule has 1 amide bonds. The first kappa shape index (κ1) is 18.3. The van der Waals surface area contributed by atoms with Crippen LogP contribution in [0.25, 0.3) is 11.0 Å². The van der Waals surface area contributed by atoms with Crippen LogP contribution in [0.3, 0.4) is 0 Å². The van der Waals surface area contributed by atoms with Crippen molar-refractivity contribution in [1.82, 2.24) is 9.55 Å². The molecule has 1 aliphatic heterocycles. The molecule has 0 N–H and O–H groups in total. The van der Waals surface area contributed by atoms with Gasteiger partial charge in [0.15, 0.2) is 11.6 Å². The van der Waals surface area contributed by atoms with Gasteiger partial charge in [-0.15, -0.1) is 0 Å². The minimum Gasteiger partial charge on any atom is -0.282 e. The summed E-state index contributed by atoms with van der Waals surface area (Å²) in [6.07, 6.45) is -0.569. The maximum Gasteiger partial charge on any atom is 0.313 e. The van der Waals surface area contributed by atoms with E-state index >= 15 is 0 Å². The Morgan fingerprint density at radius 3 is 2.48 bits per heavy atom. The lowest BCUT2D eigenvalue weighted by molar-refractivity contribution is -0.313. The van der Waals surface area contributed by atoms with Crippen LogP contribution in [0, 0.1) is 28.9 Å². The van der Waals surface area contributed by atoms with E-state index in [4.69, 9.17) is 5.26 Å². The van der Waals surface area contributed by atoms with Crippen molar-refractivity contribution >= 4 is 22.9 Å². The van der Waals surface area contributed by atoms with Gasteiger partial charge in [0.05, 0.1) is 5.56 Å². The molecule has 2 heterocycles. The average molecular weight is 414 g/mol. The van der Waals surface area contributed by atoms with Crippen LogP contribution in [-0.2, 0) is 10.5 Å². The van der Waals surface area contributed by atoms with E-state index in [1.54, 1.807) is 6.07 Å². The number of hydrogen-bond acceptors (Lipinski definition) is 3. The van der Waals surface area contributed by atoms with Crippen LogP contribution in [-0.4, -0.2) is 27.3 Å². The van der Waals surface area contributed by atoms with Crippen molar-refractivity contribution in [2.45, 2.75) is 49.6 Å². The Morgan fingerprint density at radius 1 is 1.28 bits per heavy atom. The van der Waals surface area contributed by atoms with Crippen molar-refractivity contribution in [2.75, 3.05) is 4.90 Å². The largest absolute Gasteiger partial charge is 0.313 e. The standard InChI is InChI=1S/C18H12F6N4O/c19-10-4-8(7-25)12(20)14-13(10)26-15-27(16(28(14)15)2-1-3-16)11(29)5-9-6-17(21,22)18(9,23)24/h4,9H,1-3,5-6H2. The quantitative estimate of drug-likeness (QED) is 0.697. The smallest absolute Gasteiger partial charge is 0.282 e. The summed E-state index contributed by atoms with van der Waals surface area (Å²) < 4.78 is 83.7. The Morgan fingerprint density at radius 2 is 1.97 bits per heavy atom. The number of rotatable bonds is 2.